The molecule has 0 aliphatic carbocycles. The number of aliphatic carboxylic acids is 1. The van der Waals surface area contributed by atoms with Crippen LogP contribution in [-0.4, -0.2) is 53.3 Å². The van der Waals surface area contributed by atoms with E-state index in [1.165, 1.54) is 14.0 Å². The number of ether oxygens (including phenoxy) is 1. The molecule has 0 bridgehead atoms. The van der Waals surface area contributed by atoms with Crippen LogP contribution in [0.25, 0.3) is 0 Å². The second kappa shape index (κ2) is 8.99. The zero-order valence-corrected chi connectivity index (χ0v) is 13.9. The molecule has 1 fully saturated rings. The molecule has 3 N–H and O–H groups in total. The molecule has 8 heteroatoms. The van der Waals surface area contributed by atoms with E-state index < -0.39 is 12.0 Å². The van der Waals surface area contributed by atoms with Crippen LogP contribution < -0.4 is 10.6 Å². The van der Waals surface area contributed by atoms with Crippen molar-refractivity contribution >= 4 is 29.6 Å². The molecule has 4 atom stereocenters. The van der Waals surface area contributed by atoms with Gasteiger partial charge in [-0.25, -0.2) is 4.79 Å². The second-order valence-electron chi connectivity index (χ2n) is 5.33. The van der Waals surface area contributed by atoms with Crippen LogP contribution in [0.5, 0.6) is 0 Å². The highest BCUT2D eigenvalue weighted by molar-refractivity contribution is 8.00. The van der Waals surface area contributed by atoms with E-state index >= 15 is 0 Å². The van der Waals surface area contributed by atoms with Gasteiger partial charge in [0.05, 0.1) is 12.5 Å². The van der Waals surface area contributed by atoms with Crippen molar-refractivity contribution in [1.29, 1.82) is 0 Å². The number of methoxy groups -OCH3 is 1. The van der Waals surface area contributed by atoms with E-state index in [2.05, 4.69) is 10.6 Å². The smallest absolute Gasteiger partial charge is 0.326 e. The normalized spacial score (nSPS) is 23.6. The first-order valence-electron chi connectivity index (χ1n) is 7.34. The van der Waals surface area contributed by atoms with Crippen LogP contribution in [-0.2, 0) is 19.1 Å². The molecule has 22 heavy (non-hydrogen) atoms. The summed E-state index contributed by atoms with van der Waals surface area (Å²) in [5.74, 6) is -0.757. The zero-order valence-electron chi connectivity index (χ0n) is 13.1. The molecule has 0 spiro atoms. The van der Waals surface area contributed by atoms with Crippen LogP contribution in [0.2, 0.25) is 0 Å². The summed E-state index contributed by atoms with van der Waals surface area (Å²) in [6, 6.07) is -1.17. The molecule has 0 aromatic rings. The lowest BCUT2D eigenvalue weighted by atomic mass is 9.96. The molecule has 0 saturated carbocycles. The topological polar surface area (TPSA) is 105 Å². The number of hydrogen-bond donors (Lipinski definition) is 3. The Morgan fingerprint density at radius 3 is 2.59 bits per heavy atom. The first-order valence-corrected chi connectivity index (χ1v) is 8.39. The number of carboxylic acids is 1. The Morgan fingerprint density at radius 1 is 1.41 bits per heavy atom. The molecule has 1 unspecified atom stereocenters. The van der Waals surface area contributed by atoms with Crippen molar-refractivity contribution in [2.75, 3.05) is 12.9 Å². The summed E-state index contributed by atoms with van der Waals surface area (Å²) in [5.41, 5.74) is 0. The molecule has 0 radical (unpaired) electrons. The first kappa shape index (κ1) is 18.8. The first-order chi connectivity index (χ1) is 10.4. The standard InChI is InChI=1S/C14H24N2O5S/c1-4-9(5-6-10(13(18)19)15-8(2)17)12-16-11(7-22-12)14(20)21-3/h9-12,16H,4-7H2,1-3H3,(H,15,17)(H,18,19)/t9-,10?,11-,12+/m0/s1. The average molecular weight is 332 g/mol. The predicted molar refractivity (Wildman–Crippen MR) is 83.4 cm³/mol. The van der Waals surface area contributed by atoms with Crippen molar-refractivity contribution in [3.63, 3.8) is 0 Å². The van der Waals surface area contributed by atoms with Gasteiger partial charge >= 0.3 is 11.9 Å². The summed E-state index contributed by atoms with van der Waals surface area (Å²) in [5, 5.41) is 14.9. The number of carbonyl (C=O) groups excluding carboxylic acids is 2. The van der Waals surface area contributed by atoms with Gasteiger partial charge < -0.3 is 15.2 Å². The lowest BCUT2D eigenvalue weighted by molar-refractivity contribution is -0.142. The lowest BCUT2D eigenvalue weighted by Crippen LogP contribution is -2.42. The van der Waals surface area contributed by atoms with Crippen molar-refractivity contribution in [3.8, 4) is 0 Å². The maximum absolute atomic E-state index is 11.5. The third kappa shape index (κ3) is 5.49. The molecule has 0 aromatic heterocycles. The van der Waals surface area contributed by atoms with Gasteiger partial charge in [-0.1, -0.05) is 13.3 Å². The molecule has 1 heterocycles. The molecule has 1 saturated heterocycles. The molecular formula is C14H24N2O5S. The van der Waals surface area contributed by atoms with Crippen LogP contribution >= 0.6 is 11.8 Å². The van der Waals surface area contributed by atoms with Gasteiger partial charge in [-0.05, 0) is 18.8 Å². The number of nitrogens with one attached hydrogen (secondary N) is 2. The minimum atomic E-state index is -1.02. The summed E-state index contributed by atoms with van der Waals surface area (Å²) >= 11 is 1.65. The van der Waals surface area contributed by atoms with Crippen molar-refractivity contribution in [2.24, 2.45) is 5.92 Å². The fraction of sp³-hybridized carbons (Fsp3) is 0.786. The lowest BCUT2D eigenvalue weighted by Gasteiger charge is -2.24. The quantitative estimate of drug-likeness (QED) is 0.559. The van der Waals surface area contributed by atoms with Gasteiger partial charge in [0.1, 0.15) is 12.1 Å². The number of amides is 1. The number of hydrogen-bond acceptors (Lipinski definition) is 6. The van der Waals surface area contributed by atoms with Crippen LogP contribution in [0.15, 0.2) is 0 Å². The Labute approximate surface area is 134 Å². The Kier molecular flexibility index (Phi) is 7.67. The van der Waals surface area contributed by atoms with Gasteiger partial charge in [0.15, 0.2) is 0 Å². The van der Waals surface area contributed by atoms with Crippen molar-refractivity contribution in [2.45, 2.75) is 50.6 Å². The van der Waals surface area contributed by atoms with Crippen molar-refractivity contribution in [3.05, 3.63) is 0 Å². The maximum Gasteiger partial charge on any atom is 0.326 e. The minimum absolute atomic E-state index is 0.0980. The molecule has 1 aliphatic rings. The Balaban J connectivity index is 2.53. The van der Waals surface area contributed by atoms with Gasteiger partial charge in [0.25, 0.3) is 0 Å². The van der Waals surface area contributed by atoms with E-state index in [0.29, 0.717) is 18.6 Å². The van der Waals surface area contributed by atoms with Crippen molar-refractivity contribution in [1.82, 2.24) is 10.6 Å². The van der Waals surface area contributed by atoms with E-state index in [-0.39, 0.29) is 29.2 Å². The Morgan fingerprint density at radius 2 is 2.09 bits per heavy atom. The summed E-state index contributed by atoms with van der Waals surface area (Å²) in [6.07, 6.45) is 1.90. The molecule has 1 amide bonds. The molecule has 1 rings (SSSR count). The second-order valence-corrected chi connectivity index (χ2v) is 6.51. The fourth-order valence-corrected chi connectivity index (χ4v) is 3.99. The molecular weight excluding hydrogens is 308 g/mol. The number of carboxylic acid groups (broad SMARTS) is 1. The number of carbonyl (C=O) groups is 3. The van der Waals surface area contributed by atoms with E-state index in [0.717, 1.165) is 6.42 Å². The fourth-order valence-electron chi connectivity index (χ4n) is 2.50. The Bertz CT molecular complexity index is 418. The SMILES string of the molecule is CC[C@@H](CCC(NC(C)=O)C(=O)O)[C@@H]1N[C@H](C(=O)OC)CS1. The molecule has 126 valence electrons. The Hall–Kier alpha value is -1.28. The minimum Gasteiger partial charge on any atom is -0.480 e. The van der Waals surface area contributed by atoms with E-state index in [1.807, 2.05) is 6.92 Å². The van der Waals surface area contributed by atoms with E-state index in [9.17, 15) is 14.4 Å². The molecule has 7 nitrogen and oxygen atoms in total. The maximum atomic E-state index is 11.5. The van der Waals surface area contributed by atoms with Crippen LogP contribution in [0.4, 0.5) is 0 Å². The average Bonchev–Trinajstić information content (AvgIpc) is 2.95. The van der Waals surface area contributed by atoms with E-state index in [1.54, 1.807) is 11.8 Å². The largest absolute Gasteiger partial charge is 0.480 e. The van der Waals surface area contributed by atoms with Crippen LogP contribution in [0.1, 0.15) is 33.1 Å². The van der Waals surface area contributed by atoms with Crippen LogP contribution in [0, 0.1) is 5.92 Å². The highest BCUT2D eigenvalue weighted by Crippen LogP contribution is 2.30. The number of rotatable bonds is 8. The molecule has 0 aromatic carbocycles. The van der Waals surface area contributed by atoms with Gasteiger partial charge in [-0.2, -0.15) is 0 Å². The zero-order chi connectivity index (χ0) is 16.7. The summed E-state index contributed by atoms with van der Waals surface area (Å²) < 4.78 is 4.73. The summed E-state index contributed by atoms with van der Waals surface area (Å²) in [7, 11) is 1.37. The van der Waals surface area contributed by atoms with Crippen molar-refractivity contribution < 1.29 is 24.2 Å². The van der Waals surface area contributed by atoms with Gasteiger partial charge in [0.2, 0.25) is 5.91 Å². The highest BCUT2D eigenvalue weighted by Gasteiger charge is 2.34. The van der Waals surface area contributed by atoms with E-state index in [4.69, 9.17) is 9.84 Å². The van der Waals surface area contributed by atoms with Gasteiger partial charge in [-0.15, -0.1) is 11.8 Å². The monoisotopic (exact) mass is 332 g/mol. The number of thioether (sulfide) groups is 1. The third-order valence-electron chi connectivity index (χ3n) is 3.75. The third-order valence-corrected chi connectivity index (χ3v) is 5.15. The molecule has 1 aliphatic heterocycles. The predicted octanol–water partition coefficient (Wildman–Crippen LogP) is 0.586. The summed E-state index contributed by atoms with van der Waals surface area (Å²) in [4.78, 5) is 33.7. The number of esters is 1. The summed E-state index contributed by atoms with van der Waals surface area (Å²) in [6.45, 7) is 3.34. The van der Waals surface area contributed by atoms with Gasteiger partial charge in [0, 0.05) is 12.7 Å². The highest BCUT2D eigenvalue weighted by atomic mass is 32.2. The van der Waals surface area contributed by atoms with Crippen LogP contribution in [0.3, 0.4) is 0 Å². The van der Waals surface area contributed by atoms with Gasteiger partial charge in [-0.3, -0.25) is 14.9 Å².